The Labute approximate surface area is 200 Å². The topological polar surface area (TPSA) is 59.7 Å². The van der Waals surface area contributed by atoms with E-state index < -0.39 is 0 Å². The molecule has 1 aliphatic heterocycles. The zero-order valence-corrected chi connectivity index (χ0v) is 19.3. The molecule has 4 rings (SSSR count). The number of nitrogens with zero attached hydrogens (tertiary/aromatic N) is 3. The first-order chi connectivity index (χ1) is 16.2. The average Bonchev–Trinajstić information content (AvgIpc) is 2.87. The smallest absolute Gasteiger partial charge is 0.121 e. The van der Waals surface area contributed by atoms with E-state index >= 15 is 0 Å². The summed E-state index contributed by atoms with van der Waals surface area (Å²) in [5.41, 5.74) is 4.20. The Hall–Kier alpha value is -3.04. The minimum Gasteiger partial charge on any atom is -0.491 e. The fourth-order valence-electron chi connectivity index (χ4n) is 4.30. The van der Waals surface area contributed by atoms with Crippen molar-refractivity contribution in [3.63, 3.8) is 0 Å². The lowest BCUT2D eigenvalue weighted by Gasteiger charge is -2.43. The highest BCUT2D eigenvalue weighted by molar-refractivity contribution is 6.33. The zero-order chi connectivity index (χ0) is 23.0. The number of aliphatic hydroxyl groups is 1. The molecule has 1 saturated heterocycles. The van der Waals surface area contributed by atoms with Crippen molar-refractivity contribution in [2.75, 3.05) is 44.3 Å². The van der Waals surface area contributed by atoms with Crippen LogP contribution in [0.4, 0.5) is 5.69 Å². The molecule has 1 heterocycles. The minimum absolute atomic E-state index is 0.0279. The van der Waals surface area contributed by atoms with Gasteiger partial charge in [0.25, 0.3) is 0 Å². The van der Waals surface area contributed by atoms with Gasteiger partial charge >= 0.3 is 0 Å². The van der Waals surface area contributed by atoms with Crippen molar-refractivity contribution in [3.8, 4) is 11.8 Å². The van der Waals surface area contributed by atoms with Crippen LogP contribution in [-0.4, -0.2) is 49.4 Å². The predicted molar refractivity (Wildman–Crippen MR) is 132 cm³/mol. The second kappa shape index (κ2) is 11.2. The highest BCUT2D eigenvalue weighted by Crippen LogP contribution is 2.37. The van der Waals surface area contributed by atoms with Gasteiger partial charge in [-0.25, -0.2) is 0 Å². The molecule has 1 N–H and O–H groups in total. The second-order valence-corrected chi connectivity index (χ2v) is 8.57. The minimum atomic E-state index is -0.0279. The van der Waals surface area contributed by atoms with E-state index in [-0.39, 0.29) is 19.3 Å². The summed E-state index contributed by atoms with van der Waals surface area (Å²) in [5, 5.41) is 18.6. The molecule has 33 heavy (non-hydrogen) atoms. The molecule has 0 unspecified atom stereocenters. The molecule has 0 bridgehead atoms. The van der Waals surface area contributed by atoms with Crippen LogP contribution in [0.15, 0.2) is 72.8 Å². The molecule has 3 aromatic carbocycles. The molecule has 1 aliphatic rings. The third kappa shape index (κ3) is 5.85. The first-order valence-corrected chi connectivity index (χ1v) is 11.6. The summed E-state index contributed by atoms with van der Waals surface area (Å²) in [5.74, 6) is 0.662. The Kier molecular flexibility index (Phi) is 7.85. The van der Waals surface area contributed by atoms with Crippen LogP contribution < -0.4 is 9.64 Å². The summed E-state index contributed by atoms with van der Waals surface area (Å²) in [4.78, 5) is 4.88. The van der Waals surface area contributed by atoms with Gasteiger partial charge in [0.1, 0.15) is 12.4 Å². The van der Waals surface area contributed by atoms with Gasteiger partial charge in [-0.2, -0.15) is 5.26 Å². The van der Waals surface area contributed by atoms with E-state index in [2.05, 4.69) is 40.1 Å². The van der Waals surface area contributed by atoms with E-state index in [0.717, 1.165) is 38.3 Å². The number of anilines is 1. The van der Waals surface area contributed by atoms with Crippen LogP contribution in [0.2, 0.25) is 5.02 Å². The molecule has 0 amide bonds. The molecular formula is C27H28ClN3O2. The van der Waals surface area contributed by atoms with Crippen LogP contribution in [0.25, 0.3) is 0 Å². The maximum atomic E-state index is 9.00. The number of hydrogen-bond donors (Lipinski definition) is 1. The Morgan fingerprint density at radius 2 is 1.82 bits per heavy atom. The standard InChI is InChI=1S/C27H28ClN3O2/c28-25-18-24(33-17-16-32)10-11-26(25)31-15-14-30(20-27(31)23-4-2-1-3-5-23)13-12-21-6-8-22(19-29)9-7-21/h1-11,18,27,32H,12-17,20H2/t27-/m0/s1. The van der Waals surface area contributed by atoms with Gasteiger partial charge in [0.2, 0.25) is 0 Å². The summed E-state index contributed by atoms with van der Waals surface area (Å²) in [6, 6.07) is 26.5. The SMILES string of the molecule is N#Cc1ccc(CCN2CCN(c3ccc(OCCO)cc3Cl)[C@H](c3ccccc3)C2)cc1. The summed E-state index contributed by atoms with van der Waals surface area (Å²) in [6.07, 6.45) is 0.949. The monoisotopic (exact) mass is 461 g/mol. The van der Waals surface area contributed by atoms with Gasteiger partial charge in [-0.15, -0.1) is 0 Å². The average molecular weight is 462 g/mol. The number of piperazine rings is 1. The van der Waals surface area contributed by atoms with Crippen LogP contribution in [-0.2, 0) is 6.42 Å². The molecule has 170 valence electrons. The Bertz CT molecular complexity index is 1080. The van der Waals surface area contributed by atoms with Crippen molar-refractivity contribution >= 4 is 17.3 Å². The normalized spacial score (nSPS) is 16.4. The van der Waals surface area contributed by atoms with Gasteiger partial charge in [0.05, 0.1) is 35.0 Å². The lowest BCUT2D eigenvalue weighted by atomic mass is 10.0. The summed E-state index contributed by atoms with van der Waals surface area (Å²) in [7, 11) is 0. The molecule has 0 saturated carbocycles. The molecule has 1 fully saturated rings. The van der Waals surface area contributed by atoms with Crippen LogP contribution in [0.5, 0.6) is 5.75 Å². The summed E-state index contributed by atoms with van der Waals surface area (Å²) < 4.78 is 5.52. The maximum Gasteiger partial charge on any atom is 0.121 e. The molecular weight excluding hydrogens is 434 g/mol. The lowest BCUT2D eigenvalue weighted by Crippen LogP contribution is -2.49. The van der Waals surface area contributed by atoms with E-state index in [1.165, 1.54) is 11.1 Å². The van der Waals surface area contributed by atoms with Crippen molar-refractivity contribution in [1.29, 1.82) is 5.26 Å². The number of aliphatic hydroxyl groups excluding tert-OH is 1. The number of nitriles is 1. The van der Waals surface area contributed by atoms with Crippen molar-refractivity contribution in [3.05, 3.63) is 94.5 Å². The van der Waals surface area contributed by atoms with E-state index in [9.17, 15) is 0 Å². The van der Waals surface area contributed by atoms with Crippen molar-refractivity contribution < 1.29 is 9.84 Å². The molecule has 0 radical (unpaired) electrons. The van der Waals surface area contributed by atoms with E-state index in [0.29, 0.717) is 16.3 Å². The van der Waals surface area contributed by atoms with E-state index in [4.69, 9.17) is 26.7 Å². The lowest BCUT2D eigenvalue weighted by molar-refractivity contribution is 0.201. The third-order valence-corrected chi connectivity index (χ3v) is 6.34. The fourth-order valence-corrected chi connectivity index (χ4v) is 4.58. The van der Waals surface area contributed by atoms with Crippen LogP contribution >= 0.6 is 11.6 Å². The Morgan fingerprint density at radius 3 is 2.52 bits per heavy atom. The molecule has 0 spiro atoms. The van der Waals surface area contributed by atoms with Crippen molar-refractivity contribution in [2.24, 2.45) is 0 Å². The highest BCUT2D eigenvalue weighted by atomic mass is 35.5. The predicted octanol–water partition coefficient (Wildman–Crippen LogP) is 4.69. The Morgan fingerprint density at radius 1 is 1.03 bits per heavy atom. The number of benzene rings is 3. The van der Waals surface area contributed by atoms with E-state index in [1.807, 2.05) is 48.5 Å². The molecule has 5 nitrogen and oxygen atoms in total. The van der Waals surface area contributed by atoms with E-state index in [1.54, 1.807) is 0 Å². The maximum absolute atomic E-state index is 9.00. The van der Waals surface area contributed by atoms with Crippen LogP contribution in [0.3, 0.4) is 0 Å². The van der Waals surface area contributed by atoms with Crippen molar-refractivity contribution in [2.45, 2.75) is 12.5 Å². The first-order valence-electron chi connectivity index (χ1n) is 11.2. The highest BCUT2D eigenvalue weighted by Gasteiger charge is 2.29. The molecule has 1 atom stereocenters. The molecule has 0 aliphatic carbocycles. The fraction of sp³-hybridized carbons (Fsp3) is 0.296. The van der Waals surface area contributed by atoms with Gasteiger partial charge in [0.15, 0.2) is 0 Å². The first kappa shape index (κ1) is 23.1. The van der Waals surface area contributed by atoms with Gasteiger partial charge < -0.3 is 14.7 Å². The molecule has 6 heteroatoms. The Balaban J connectivity index is 1.50. The van der Waals surface area contributed by atoms with Crippen LogP contribution in [0.1, 0.15) is 22.7 Å². The molecule has 0 aromatic heterocycles. The largest absolute Gasteiger partial charge is 0.491 e. The quantitative estimate of drug-likeness (QED) is 0.527. The van der Waals surface area contributed by atoms with Gasteiger partial charge in [-0.05, 0) is 41.8 Å². The summed E-state index contributed by atoms with van der Waals surface area (Å²) >= 11 is 6.68. The summed E-state index contributed by atoms with van der Waals surface area (Å²) in [6.45, 7) is 3.90. The zero-order valence-electron chi connectivity index (χ0n) is 18.5. The third-order valence-electron chi connectivity index (χ3n) is 6.04. The number of halogens is 1. The number of rotatable bonds is 8. The van der Waals surface area contributed by atoms with Gasteiger partial charge in [-0.1, -0.05) is 54.1 Å². The second-order valence-electron chi connectivity index (χ2n) is 8.16. The number of hydrogen-bond acceptors (Lipinski definition) is 5. The van der Waals surface area contributed by atoms with Gasteiger partial charge in [-0.3, -0.25) is 4.90 Å². The van der Waals surface area contributed by atoms with Crippen LogP contribution in [0, 0.1) is 11.3 Å². The number of ether oxygens (including phenoxy) is 1. The van der Waals surface area contributed by atoms with Gasteiger partial charge in [0, 0.05) is 32.2 Å². The molecule has 3 aromatic rings. The van der Waals surface area contributed by atoms with Crippen molar-refractivity contribution in [1.82, 2.24) is 4.90 Å².